The Morgan fingerprint density at radius 2 is 2.10 bits per heavy atom. The fourth-order valence-electron chi connectivity index (χ4n) is 1.73. The van der Waals surface area contributed by atoms with E-state index in [9.17, 15) is 9.59 Å². The number of hydrogen-bond acceptors (Lipinski definition) is 4. The summed E-state index contributed by atoms with van der Waals surface area (Å²) in [5.74, 6) is -0.391. The number of carbonyl (C=O) groups excluding carboxylic acids is 2. The summed E-state index contributed by atoms with van der Waals surface area (Å²) in [5, 5.41) is 3.82. The molecule has 1 heterocycles. The monoisotopic (exact) mass is 279 g/mol. The van der Waals surface area contributed by atoms with Gasteiger partial charge in [0.15, 0.2) is 0 Å². The summed E-state index contributed by atoms with van der Waals surface area (Å²) in [6, 6.07) is 4.43. The van der Waals surface area contributed by atoms with Gasteiger partial charge in [0.25, 0.3) is 11.8 Å². The van der Waals surface area contributed by atoms with Gasteiger partial charge in [-0.2, -0.15) is 0 Å². The van der Waals surface area contributed by atoms with E-state index in [1.54, 1.807) is 18.2 Å². The zero-order chi connectivity index (χ0) is 15.1. The number of nitrogens with zero attached hydrogens (tertiary/aromatic N) is 2. The number of hydrogen-bond donors (Lipinski definition) is 1. The van der Waals surface area contributed by atoms with E-state index in [2.05, 4.69) is 10.3 Å². The van der Waals surface area contributed by atoms with Gasteiger partial charge in [-0.3, -0.25) is 19.4 Å². The lowest BCUT2D eigenvalue weighted by Crippen LogP contribution is -2.47. The molecule has 0 radical (unpaired) electrons. The molecule has 0 saturated heterocycles. The van der Waals surface area contributed by atoms with Crippen LogP contribution >= 0.6 is 0 Å². The summed E-state index contributed by atoms with van der Waals surface area (Å²) >= 11 is 0. The van der Waals surface area contributed by atoms with Crippen molar-refractivity contribution < 1.29 is 14.4 Å². The number of rotatable bonds is 6. The third-order valence-corrected chi connectivity index (χ3v) is 2.79. The summed E-state index contributed by atoms with van der Waals surface area (Å²) in [4.78, 5) is 33.1. The summed E-state index contributed by atoms with van der Waals surface area (Å²) in [6.07, 6.45) is 2.07. The maximum Gasteiger partial charge on any atom is 0.270 e. The molecule has 0 aliphatic heterocycles. The van der Waals surface area contributed by atoms with Gasteiger partial charge in [0.1, 0.15) is 11.7 Å². The van der Waals surface area contributed by atoms with Crippen molar-refractivity contribution in [3.05, 3.63) is 30.1 Å². The molecule has 1 rings (SSSR count). The van der Waals surface area contributed by atoms with Gasteiger partial charge in [-0.15, -0.1) is 0 Å². The van der Waals surface area contributed by atoms with Gasteiger partial charge in [-0.05, 0) is 24.5 Å². The Kier molecular flexibility index (Phi) is 6.11. The van der Waals surface area contributed by atoms with Crippen LogP contribution in [0.1, 0.15) is 30.8 Å². The Balaban J connectivity index is 2.79. The van der Waals surface area contributed by atoms with Crippen LogP contribution in [0.5, 0.6) is 0 Å². The molecule has 1 atom stereocenters. The molecular weight excluding hydrogens is 258 g/mol. The Hall–Kier alpha value is -1.95. The zero-order valence-corrected chi connectivity index (χ0v) is 12.3. The number of aromatic nitrogens is 1. The minimum Gasteiger partial charge on any atom is -0.339 e. The molecule has 0 bridgehead atoms. The molecule has 0 saturated carbocycles. The molecule has 0 aromatic carbocycles. The van der Waals surface area contributed by atoms with E-state index in [4.69, 9.17) is 4.84 Å². The number of nitrogens with one attached hydrogen (secondary N) is 1. The molecule has 1 aromatic heterocycles. The van der Waals surface area contributed by atoms with Crippen LogP contribution in [-0.4, -0.2) is 42.1 Å². The fraction of sp³-hybridized carbons (Fsp3) is 0.500. The van der Waals surface area contributed by atoms with Gasteiger partial charge in [0.2, 0.25) is 0 Å². The summed E-state index contributed by atoms with van der Waals surface area (Å²) in [7, 11) is 2.92. The van der Waals surface area contributed by atoms with Crippen LogP contribution in [0, 0.1) is 5.92 Å². The second-order valence-corrected chi connectivity index (χ2v) is 4.89. The van der Waals surface area contributed by atoms with Crippen LogP contribution in [0.3, 0.4) is 0 Å². The predicted octanol–water partition coefficient (Wildman–Crippen LogP) is 1.25. The molecule has 1 aromatic rings. The lowest BCUT2D eigenvalue weighted by Gasteiger charge is -2.23. The fourth-order valence-corrected chi connectivity index (χ4v) is 1.73. The van der Waals surface area contributed by atoms with Crippen molar-refractivity contribution >= 4 is 11.8 Å². The molecule has 110 valence electrons. The van der Waals surface area contributed by atoms with E-state index in [1.807, 2.05) is 13.8 Å². The van der Waals surface area contributed by atoms with Crippen molar-refractivity contribution in [1.82, 2.24) is 15.4 Å². The van der Waals surface area contributed by atoms with Crippen LogP contribution in [-0.2, 0) is 9.63 Å². The lowest BCUT2D eigenvalue weighted by atomic mass is 10.0. The van der Waals surface area contributed by atoms with Gasteiger partial charge in [-0.25, -0.2) is 5.06 Å². The standard InChI is InChI=1S/C14H21N3O3/c1-10(2)9-12(14(19)17(3)20-4)16-13(18)11-7-5-6-8-15-11/h5-8,10,12H,9H2,1-4H3,(H,16,18)/t12-/m0/s1. The molecule has 2 amide bonds. The molecule has 0 aliphatic carbocycles. The van der Waals surface area contributed by atoms with Crippen LogP contribution in [0.25, 0.3) is 0 Å². The highest BCUT2D eigenvalue weighted by Crippen LogP contribution is 2.08. The minimum atomic E-state index is -0.630. The predicted molar refractivity (Wildman–Crippen MR) is 74.7 cm³/mol. The Labute approximate surface area is 119 Å². The Morgan fingerprint density at radius 3 is 2.60 bits per heavy atom. The van der Waals surface area contributed by atoms with Gasteiger partial charge >= 0.3 is 0 Å². The molecule has 6 nitrogen and oxygen atoms in total. The molecule has 0 spiro atoms. The van der Waals surface area contributed by atoms with Crippen molar-refractivity contribution in [2.75, 3.05) is 14.2 Å². The van der Waals surface area contributed by atoms with Crippen LogP contribution in [0.2, 0.25) is 0 Å². The van der Waals surface area contributed by atoms with Gasteiger partial charge in [0, 0.05) is 13.2 Å². The van der Waals surface area contributed by atoms with E-state index in [1.165, 1.54) is 20.4 Å². The van der Waals surface area contributed by atoms with Crippen LogP contribution in [0.15, 0.2) is 24.4 Å². The highest BCUT2D eigenvalue weighted by atomic mass is 16.7. The van der Waals surface area contributed by atoms with Crippen molar-refractivity contribution in [2.24, 2.45) is 5.92 Å². The quantitative estimate of drug-likeness (QED) is 0.795. The highest BCUT2D eigenvalue weighted by molar-refractivity contribution is 5.95. The molecule has 0 aliphatic rings. The molecule has 0 fully saturated rings. The number of amides is 2. The largest absolute Gasteiger partial charge is 0.339 e. The first kappa shape index (κ1) is 16.1. The molecular formula is C14H21N3O3. The number of carbonyl (C=O) groups is 2. The zero-order valence-electron chi connectivity index (χ0n) is 12.3. The van der Waals surface area contributed by atoms with Gasteiger partial charge in [-0.1, -0.05) is 19.9 Å². The van der Waals surface area contributed by atoms with E-state index >= 15 is 0 Å². The van der Waals surface area contributed by atoms with E-state index in [0.29, 0.717) is 6.42 Å². The summed E-state index contributed by atoms with van der Waals surface area (Å²) < 4.78 is 0. The SMILES string of the molecule is CON(C)C(=O)[C@H](CC(C)C)NC(=O)c1ccccn1. The van der Waals surface area contributed by atoms with Crippen LogP contribution in [0.4, 0.5) is 0 Å². The number of likely N-dealkylation sites (N-methyl/N-ethyl adjacent to an activating group) is 1. The first-order chi connectivity index (χ1) is 9.45. The summed E-state index contributed by atoms with van der Waals surface area (Å²) in [5.41, 5.74) is 0.286. The topological polar surface area (TPSA) is 71.5 Å². The summed E-state index contributed by atoms with van der Waals surface area (Å²) in [6.45, 7) is 3.97. The second kappa shape index (κ2) is 7.59. The molecule has 1 N–H and O–H groups in total. The van der Waals surface area contributed by atoms with Crippen molar-refractivity contribution in [2.45, 2.75) is 26.3 Å². The van der Waals surface area contributed by atoms with Crippen molar-refractivity contribution in [1.29, 1.82) is 0 Å². The first-order valence-electron chi connectivity index (χ1n) is 6.49. The Bertz CT molecular complexity index is 448. The van der Waals surface area contributed by atoms with Crippen molar-refractivity contribution in [3.63, 3.8) is 0 Å². The third kappa shape index (κ3) is 4.62. The second-order valence-electron chi connectivity index (χ2n) is 4.89. The number of pyridine rings is 1. The van der Waals surface area contributed by atoms with Gasteiger partial charge in [0.05, 0.1) is 7.11 Å². The molecule has 6 heteroatoms. The van der Waals surface area contributed by atoms with E-state index < -0.39 is 6.04 Å². The maximum atomic E-state index is 12.1. The maximum absolute atomic E-state index is 12.1. The number of hydroxylamine groups is 2. The Morgan fingerprint density at radius 1 is 1.40 bits per heavy atom. The molecule has 20 heavy (non-hydrogen) atoms. The average Bonchev–Trinajstić information content (AvgIpc) is 2.45. The smallest absolute Gasteiger partial charge is 0.270 e. The van der Waals surface area contributed by atoms with Crippen molar-refractivity contribution in [3.8, 4) is 0 Å². The average molecular weight is 279 g/mol. The van der Waals surface area contributed by atoms with Crippen LogP contribution < -0.4 is 5.32 Å². The molecule has 0 unspecified atom stereocenters. The highest BCUT2D eigenvalue weighted by Gasteiger charge is 2.25. The third-order valence-electron chi connectivity index (χ3n) is 2.79. The lowest BCUT2D eigenvalue weighted by molar-refractivity contribution is -0.171. The normalized spacial score (nSPS) is 12.1. The minimum absolute atomic E-state index is 0.262. The first-order valence-corrected chi connectivity index (χ1v) is 6.49. The van der Waals surface area contributed by atoms with Gasteiger partial charge < -0.3 is 5.32 Å². The van der Waals surface area contributed by atoms with E-state index in [0.717, 1.165) is 5.06 Å². The van der Waals surface area contributed by atoms with E-state index in [-0.39, 0.29) is 23.4 Å².